The summed E-state index contributed by atoms with van der Waals surface area (Å²) in [5.74, 6) is 1.80. The largest absolute Gasteiger partial charge is 0.317 e. The summed E-state index contributed by atoms with van der Waals surface area (Å²) in [6.45, 7) is 11.2. The SMILES string of the molecule is CCC1(CC)CCN(CC2CC(C)CCC2NC)CC1. The summed E-state index contributed by atoms with van der Waals surface area (Å²) < 4.78 is 0. The van der Waals surface area contributed by atoms with E-state index in [1.165, 1.54) is 64.6 Å². The lowest BCUT2D eigenvalue weighted by Gasteiger charge is -2.44. The molecule has 3 unspecified atom stereocenters. The molecular formula is C18H36N2. The number of hydrogen-bond donors (Lipinski definition) is 1. The van der Waals surface area contributed by atoms with E-state index < -0.39 is 0 Å². The standard InChI is InChI=1S/C18H36N2/c1-5-18(6-2)9-11-20(12-10-18)14-16-13-15(3)7-8-17(16)19-4/h15-17,19H,5-14H2,1-4H3. The van der Waals surface area contributed by atoms with Crippen molar-refractivity contribution in [1.29, 1.82) is 0 Å². The molecule has 0 aromatic heterocycles. The molecule has 118 valence electrons. The molecule has 1 aliphatic carbocycles. The van der Waals surface area contributed by atoms with Crippen LogP contribution in [0.1, 0.15) is 65.7 Å². The molecule has 0 aromatic carbocycles. The first-order valence-corrected chi connectivity index (χ1v) is 9.02. The maximum Gasteiger partial charge on any atom is 0.0105 e. The number of hydrogen-bond acceptors (Lipinski definition) is 2. The van der Waals surface area contributed by atoms with Crippen LogP contribution in [-0.4, -0.2) is 37.6 Å². The molecule has 0 spiro atoms. The van der Waals surface area contributed by atoms with Crippen molar-refractivity contribution in [3.63, 3.8) is 0 Å². The Hall–Kier alpha value is -0.0800. The minimum absolute atomic E-state index is 0.665. The smallest absolute Gasteiger partial charge is 0.0105 e. The van der Waals surface area contributed by atoms with E-state index in [0.717, 1.165) is 17.9 Å². The lowest BCUT2D eigenvalue weighted by molar-refractivity contribution is 0.0677. The fourth-order valence-electron chi connectivity index (χ4n) is 4.58. The monoisotopic (exact) mass is 280 g/mol. The molecule has 3 atom stereocenters. The Bertz CT molecular complexity index is 275. The van der Waals surface area contributed by atoms with E-state index >= 15 is 0 Å². The van der Waals surface area contributed by atoms with Gasteiger partial charge in [0.1, 0.15) is 0 Å². The Morgan fingerprint density at radius 3 is 2.30 bits per heavy atom. The first-order valence-electron chi connectivity index (χ1n) is 9.02. The van der Waals surface area contributed by atoms with E-state index in [1.807, 2.05) is 0 Å². The zero-order valence-electron chi connectivity index (χ0n) is 14.3. The third-order valence-electron chi connectivity index (χ3n) is 6.52. The highest BCUT2D eigenvalue weighted by molar-refractivity contribution is 4.88. The predicted molar refractivity (Wildman–Crippen MR) is 88.0 cm³/mol. The Kier molecular flexibility index (Phi) is 5.92. The molecule has 2 heteroatoms. The van der Waals surface area contributed by atoms with Crippen LogP contribution in [0.5, 0.6) is 0 Å². The molecule has 1 heterocycles. The molecule has 2 aliphatic rings. The molecule has 2 rings (SSSR count). The van der Waals surface area contributed by atoms with Crippen LogP contribution >= 0.6 is 0 Å². The number of nitrogens with one attached hydrogen (secondary N) is 1. The van der Waals surface area contributed by atoms with E-state index in [4.69, 9.17) is 0 Å². The Morgan fingerprint density at radius 2 is 1.75 bits per heavy atom. The Morgan fingerprint density at radius 1 is 1.10 bits per heavy atom. The van der Waals surface area contributed by atoms with E-state index in [0.29, 0.717) is 5.41 Å². The maximum absolute atomic E-state index is 3.58. The zero-order chi connectivity index (χ0) is 14.6. The van der Waals surface area contributed by atoms with Crippen molar-refractivity contribution >= 4 is 0 Å². The van der Waals surface area contributed by atoms with Gasteiger partial charge < -0.3 is 10.2 Å². The minimum Gasteiger partial charge on any atom is -0.317 e. The van der Waals surface area contributed by atoms with Crippen molar-refractivity contribution in [2.75, 3.05) is 26.7 Å². The van der Waals surface area contributed by atoms with Crippen molar-refractivity contribution in [2.45, 2.75) is 71.8 Å². The van der Waals surface area contributed by atoms with Crippen molar-refractivity contribution in [2.24, 2.45) is 17.3 Å². The second-order valence-corrected chi connectivity index (χ2v) is 7.58. The molecule has 1 saturated heterocycles. The molecule has 2 fully saturated rings. The second kappa shape index (κ2) is 7.26. The van der Waals surface area contributed by atoms with Crippen LogP contribution in [0, 0.1) is 17.3 Å². The lowest BCUT2D eigenvalue weighted by atomic mass is 9.73. The molecule has 20 heavy (non-hydrogen) atoms. The molecule has 0 aromatic rings. The van der Waals surface area contributed by atoms with Crippen LogP contribution in [0.25, 0.3) is 0 Å². The van der Waals surface area contributed by atoms with Crippen LogP contribution in [0.15, 0.2) is 0 Å². The van der Waals surface area contributed by atoms with Crippen LogP contribution in [-0.2, 0) is 0 Å². The summed E-state index contributed by atoms with van der Waals surface area (Å²) in [6.07, 6.45) is 9.81. The van der Waals surface area contributed by atoms with E-state index in [-0.39, 0.29) is 0 Å². The summed E-state index contributed by atoms with van der Waals surface area (Å²) in [7, 11) is 2.16. The van der Waals surface area contributed by atoms with Gasteiger partial charge in [0.25, 0.3) is 0 Å². The van der Waals surface area contributed by atoms with Gasteiger partial charge in [0.2, 0.25) is 0 Å². The van der Waals surface area contributed by atoms with Crippen molar-refractivity contribution in [3.05, 3.63) is 0 Å². The zero-order valence-corrected chi connectivity index (χ0v) is 14.3. The molecule has 1 N–H and O–H groups in total. The van der Waals surface area contributed by atoms with Crippen LogP contribution < -0.4 is 5.32 Å². The highest BCUT2D eigenvalue weighted by atomic mass is 15.1. The number of likely N-dealkylation sites (tertiary alicyclic amines) is 1. The summed E-state index contributed by atoms with van der Waals surface area (Å²) in [6, 6.07) is 0.759. The third kappa shape index (κ3) is 3.76. The topological polar surface area (TPSA) is 15.3 Å². The first-order chi connectivity index (χ1) is 9.62. The molecule has 0 radical (unpaired) electrons. The summed E-state index contributed by atoms with van der Waals surface area (Å²) in [4.78, 5) is 2.76. The number of rotatable bonds is 5. The minimum atomic E-state index is 0.665. The van der Waals surface area contributed by atoms with E-state index in [9.17, 15) is 0 Å². The summed E-state index contributed by atoms with van der Waals surface area (Å²) in [5, 5.41) is 3.58. The highest BCUT2D eigenvalue weighted by Crippen LogP contribution is 2.38. The lowest BCUT2D eigenvalue weighted by Crippen LogP contribution is -2.47. The number of nitrogens with zero attached hydrogens (tertiary/aromatic N) is 1. The average Bonchev–Trinajstić information content (AvgIpc) is 2.49. The van der Waals surface area contributed by atoms with Crippen LogP contribution in [0.3, 0.4) is 0 Å². The van der Waals surface area contributed by atoms with Crippen molar-refractivity contribution in [3.8, 4) is 0 Å². The average molecular weight is 281 g/mol. The quantitative estimate of drug-likeness (QED) is 0.821. The number of piperidine rings is 1. The molecular weight excluding hydrogens is 244 g/mol. The van der Waals surface area contributed by atoms with Gasteiger partial charge >= 0.3 is 0 Å². The fraction of sp³-hybridized carbons (Fsp3) is 1.00. The van der Waals surface area contributed by atoms with Gasteiger partial charge in [0.15, 0.2) is 0 Å². The molecule has 0 bridgehead atoms. The van der Waals surface area contributed by atoms with Crippen LogP contribution in [0.4, 0.5) is 0 Å². The van der Waals surface area contributed by atoms with Gasteiger partial charge in [0.05, 0.1) is 0 Å². The van der Waals surface area contributed by atoms with Gasteiger partial charge in [-0.2, -0.15) is 0 Å². The Labute approximate surface area is 126 Å². The molecule has 1 aliphatic heterocycles. The van der Waals surface area contributed by atoms with Gasteiger partial charge in [-0.3, -0.25) is 0 Å². The van der Waals surface area contributed by atoms with Crippen molar-refractivity contribution in [1.82, 2.24) is 10.2 Å². The predicted octanol–water partition coefficient (Wildman–Crippen LogP) is 3.91. The van der Waals surface area contributed by atoms with Gasteiger partial charge in [-0.05, 0) is 69.5 Å². The van der Waals surface area contributed by atoms with Crippen LogP contribution in [0.2, 0.25) is 0 Å². The fourth-order valence-corrected chi connectivity index (χ4v) is 4.58. The summed E-state index contributed by atoms with van der Waals surface area (Å²) in [5.41, 5.74) is 0.665. The first kappa shape index (κ1) is 16.3. The molecule has 0 amide bonds. The maximum atomic E-state index is 3.58. The second-order valence-electron chi connectivity index (χ2n) is 7.58. The Balaban J connectivity index is 1.84. The van der Waals surface area contributed by atoms with Gasteiger partial charge in [0, 0.05) is 12.6 Å². The van der Waals surface area contributed by atoms with Gasteiger partial charge in [-0.25, -0.2) is 0 Å². The van der Waals surface area contributed by atoms with E-state index in [2.05, 4.69) is 38.0 Å². The highest BCUT2D eigenvalue weighted by Gasteiger charge is 2.34. The third-order valence-corrected chi connectivity index (χ3v) is 6.52. The summed E-state index contributed by atoms with van der Waals surface area (Å²) >= 11 is 0. The normalized spacial score (nSPS) is 35.1. The van der Waals surface area contributed by atoms with Gasteiger partial charge in [-0.15, -0.1) is 0 Å². The molecule has 2 nitrogen and oxygen atoms in total. The van der Waals surface area contributed by atoms with E-state index in [1.54, 1.807) is 0 Å². The van der Waals surface area contributed by atoms with Gasteiger partial charge in [-0.1, -0.05) is 33.6 Å². The molecule has 1 saturated carbocycles. The van der Waals surface area contributed by atoms with Crippen molar-refractivity contribution < 1.29 is 0 Å².